The summed E-state index contributed by atoms with van der Waals surface area (Å²) in [5.41, 5.74) is 0. The highest BCUT2D eigenvalue weighted by Gasteiger charge is 2.14. The summed E-state index contributed by atoms with van der Waals surface area (Å²) in [6, 6.07) is 0. The van der Waals surface area contributed by atoms with Crippen LogP contribution in [-0.4, -0.2) is 47.6 Å². The predicted molar refractivity (Wildman–Crippen MR) is 72.3 cm³/mol. The van der Waals surface area contributed by atoms with Crippen molar-refractivity contribution < 1.29 is 0 Å². The molecule has 96 valence electrons. The van der Waals surface area contributed by atoms with Gasteiger partial charge in [-0.3, -0.25) is 4.98 Å². The Balaban J connectivity index is 0.000000686. The number of nitrogens with zero attached hydrogens (tertiary/aromatic N) is 4. The third-order valence-corrected chi connectivity index (χ3v) is 2.91. The molecule has 4 heteroatoms. The Labute approximate surface area is 105 Å². The van der Waals surface area contributed by atoms with E-state index < -0.39 is 0 Å². The largest absolute Gasteiger partial charge is 0.354 e. The normalized spacial score (nSPS) is 17.0. The van der Waals surface area contributed by atoms with Crippen LogP contribution in [0.25, 0.3) is 0 Å². The molecule has 17 heavy (non-hydrogen) atoms. The summed E-state index contributed by atoms with van der Waals surface area (Å²) >= 11 is 0. The summed E-state index contributed by atoms with van der Waals surface area (Å²) in [6.45, 7) is 11.9. The molecule has 0 amide bonds. The average Bonchev–Trinajstić information content (AvgIpc) is 2.67. The molecule has 0 saturated carbocycles. The number of hydrogen-bond donors (Lipinski definition) is 0. The van der Waals surface area contributed by atoms with Gasteiger partial charge in [0.2, 0.25) is 0 Å². The second-order valence-corrected chi connectivity index (χ2v) is 3.84. The molecule has 2 rings (SSSR count). The molecule has 0 atom stereocenters. The molecular formula is C13H24N4. The van der Waals surface area contributed by atoms with E-state index in [1.54, 1.807) is 12.4 Å². The van der Waals surface area contributed by atoms with Gasteiger partial charge in [-0.2, -0.15) is 0 Å². The molecule has 0 radical (unpaired) electrons. The van der Waals surface area contributed by atoms with Gasteiger partial charge in [-0.15, -0.1) is 0 Å². The van der Waals surface area contributed by atoms with Crippen molar-refractivity contribution in [3.05, 3.63) is 18.6 Å². The Morgan fingerprint density at radius 3 is 2.59 bits per heavy atom. The smallest absolute Gasteiger partial charge is 0.147 e. The Kier molecular flexibility index (Phi) is 6.55. The summed E-state index contributed by atoms with van der Waals surface area (Å²) in [7, 11) is 0. The predicted octanol–water partition coefficient (Wildman–Crippen LogP) is 2.03. The summed E-state index contributed by atoms with van der Waals surface area (Å²) in [5, 5.41) is 0. The zero-order valence-corrected chi connectivity index (χ0v) is 11.3. The molecule has 1 aromatic heterocycles. The number of anilines is 1. The monoisotopic (exact) mass is 236 g/mol. The highest BCUT2D eigenvalue weighted by atomic mass is 15.2. The van der Waals surface area contributed by atoms with Gasteiger partial charge in [-0.25, -0.2) is 4.98 Å². The lowest BCUT2D eigenvalue weighted by atomic mass is 10.4. The second-order valence-electron chi connectivity index (χ2n) is 3.84. The minimum Gasteiger partial charge on any atom is -0.354 e. The maximum absolute atomic E-state index is 4.34. The quantitative estimate of drug-likeness (QED) is 0.786. The Morgan fingerprint density at radius 1 is 1.12 bits per heavy atom. The summed E-state index contributed by atoms with van der Waals surface area (Å²) in [5.74, 6) is 1.01. The van der Waals surface area contributed by atoms with Gasteiger partial charge in [0, 0.05) is 32.0 Å². The van der Waals surface area contributed by atoms with Crippen molar-refractivity contribution in [2.75, 3.05) is 37.6 Å². The van der Waals surface area contributed by atoms with E-state index in [4.69, 9.17) is 0 Å². The fourth-order valence-corrected chi connectivity index (χ4v) is 1.97. The fraction of sp³-hybridized carbons (Fsp3) is 0.692. The van der Waals surface area contributed by atoms with Crippen LogP contribution < -0.4 is 4.90 Å². The third-order valence-electron chi connectivity index (χ3n) is 2.91. The van der Waals surface area contributed by atoms with Crippen molar-refractivity contribution in [2.45, 2.75) is 27.2 Å². The molecule has 0 aliphatic carbocycles. The molecule has 4 nitrogen and oxygen atoms in total. The molecule has 1 fully saturated rings. The van der Waals surface area contributed by atoms with Gasteiger partial charge in [0.05, 0.1) is 6.20 Å². The van der Waals surface area contributed by atoms with E-state index in [0.29, 0.717) is 0 Å². The minimum absolute atomic E-state index is 1.01. The molecule has 1 aromatic rings. The molecule has 0 aromatic carbocycles. The minimum atomic E-state index is 1.01. The van der Waals surface area contributed by atoms with Crippen LogP contribution in [-0.2, 0) is 0 Å². The molecule has 0 spiro atoms. The zero-order chi connectivity index (χ0) is 12.5. The standard InChI is InChI=1S/C11H18N4.C2H6/c1-2-14-6-3-7-15(9-8-14)11-10-12-4-5-13-11;1-2/h4-5,10H,2-3,6-9H2,1H3;1-2H3. The first-order valence-corrected chi connectivity index (χ1v) is 6.63. The maximum atomic E-state index is 4.34. The first kappa shape index (κ1) is 13.9. The van der Waals surface area contributed by atoms with Crippen molar-refractivity contribution in [2.24, 2.45) is 0 Å². The van der Waals surface area contributed by atoms with E-state index in [1.165, 1.54) is 13.0 Å². The van der Waals surface area contributed by atoms with E-state index in [-0.39, 0.29) is 0 Å². The van der Waals surface area contributed by atoms with Crippen LogP contribution in [0.3, 0.4) is 0 Å². The van der Waals surface area contributed by atoms with Gasteiger partial charge >= 0.3 is 0 Å². The summed E-state index contributed by atoms with van der Waals surface area (Å²) in [4.78, 5) is 13.3. The van der Waals surface area contributed by atoms with Gasteiger partial charge in [0.15, 0.2) is 0 Å². The van der Waals surface area contributed by atoms with Gasteiger partial charge in [0.25, 0.3) is 0 Å². The second kappa shape index (κ2) is 8.01. The SMILES string of the molecule is CC.CCN1CCCN(c2cnccn2)CC1. The van der Waals surface area contributed by atoms with Crippen molar-refractivity contribution >= 4 is 5.82 Å². The van der Waals surface area contributed by atoms with Crippen LogP contribution in [0.5, 0.6) is 0 Å². The van der Waals surface area contributed by atoms with Crippen molar-refractivity contribution in [1.29, 1.82) is 0 Å². The Hall–Kier alpha value is -1.16. The lowest BCUT2D eigenvalue weighted by Gasteiger charge is -2.21. The Morgan fingerprint density at radius 2 is 1.94 bits per heavy atom. The first-order valence-electron chi connectivity index (χ1n) is 6.63. The molecular weight excluding hydrogens is 212 g/mol. The number of rotatable bonds is 2. The topological polar surface area (TPSA) is 32.3 Å². The highest BCUT2D eigenvalue weighted by Crippen LogP contribution is 2.11. The number of aromatic nitrogens is 2. The van der Waals surface area contributed by atoms with Crippen LogP contribution in [0.1, 0.15) is 27.2 Å². The van der Waals surface area contributed by atoms with Crippen LogP contribution in [0.15, 0.2) is 18.6 Å². The maximum Gasteiger partial charge on any atom is 0.147 e. The Bertz CT molecular complexity index is 289. The lowest BCUT2D eigenvalue weighted by Crippen LogP contribution is -2.31. The van der Waals surface area contributed by atoms with Gasteiger partial charge in [0.1, 0.15) is 5.82 Å². The van der Waals surface area contributed by atoms with Crippen molar-refractivity contribution in [1.82, 2.24) is 14.9 Å². The van der Waals surface area contributed by atoms with Crippen molar-refractivity contribution in [3.8, 4) is 0 Å². The number of hydrogen-bond acceptors (Lipinski definition) is 4. The lowest BCUT2D eigenvalue weighted by molar-refractivity contribution is 0.310. The van der Waals surface area contributed by atoms with Crippen molar-refractivity contribution in [3.63, 3.8) is 0 Å². The number of likely N-dealkylation sites (N-methyl/N-ethyl adjacent to an activating group) is 1. The van der Waals surface area contributed by atoms with E-state index in [1.807, 2.05) is 20.0 Å². The molecule has 2 heterocycles. The average molecular weight is 236 g/mol. The van der Waals surface area contributed by atoms with Crippen LogP contribution in [0, 0.1) is 0 Å². The summed E-state index contributed by atoms with van der Waals surface area (Å²) in [6.07, 6.45) is 6.55. The van der Waals surface area contributed by atoms with E-state index in [2.05, 4.69) is 26.7 Å². The van der Waals surface area contributed by atoms with Gasteiger partial charge in [-0.1, -0.05) is 20.8 Å². The molecule has 1 saturated heterocycles. The highest BCUT2D eigenvalue weighted by molar-refractivity contribution is 5.35. The molecule has 1 aliphatic rings. The molecule has 0 unspecified atom stereocenters. The van der Waals surface area contributed by atoms with Crippen LogP contribution in [0.2, 0.25) is 0 Å². The van der Waals surface area contributed by atoms with Crippen LogP contribution >= 0.6 is 0 Å². The fourth-order valence-electron chi connectivity index (χ4n) is 1.97. The molecule has 0 bridgehead atoms. The van der Waals surface area contributed by atoms with E-state index >= 15 is 0 Å². The third kappa shape index (κ3) is 4.30. The van der Waals surface area contributed by atoms with Gasteiger partial charge in [-0.05, 0) is 19.5 Å². The zero-order valence-electron chi connectivity index (χ0n) is 11.3. The van der Waals surface area contributed by atoms with Crippen LogP contribution in [0.4, 0.5) is 5.82 Å². The van der Waals surface area contributed by atoms with E-state index in [9.17, 15) is 0 Å². The van der Waals surface area contributed by atoms with Gasteiger partial charge < -0.3 is 9.80 Å². The first-order chi connectivity index (χ1) is 8.40. The summed E-state index contributed by atoms with van der Waals surface area (Å²) < 4.78 is 0. The van der Waals surface area contributed by atoms with E-state index in [0.717, 1.165) is 32.0 Å². The molecule has 0 N–H and O–H groups in total. The molecule has 1 aliphatic heterocycles.